The summed E-state index contributed by atoms with van der Waals surface area (Å²) in [7, 11) is -3.41. The van der Waals surface area contributed by atoms with E-state index in [1.54, 1.807) is 19.1 Å². The van der Waals surface area contributed by atoms with E-state index in [0.717, 1.165) is 6.26 Å². The van der Waals surface area contributed by atoms with Crippen LogP contribution >= 0.6 is 0 Å². The van der Waals surface area contributed by atoms with E-state index in [-0.39, 0.29) is 22.9 Å². The van der Waals surface area contributed by atoms with Crippen LogP contribution in [0.15, 0.2) is 23.1 Å². The fourth-order valence-corrected chi connectivity index (χ4v) is 3.67. The summed E-state index contributed by atoms with van der Waals surface area (Å²) in [5, 5.41) is 9.08. The predicted molar refractivity (Wildman–Crippen MR) is 80.6 cm³/mol. The van der Waals surface area contributed by atoms with Gasteiger partial charge in [-0.2, -0.15) is 0 Å². The van der Waals surface area contributed by atoms with Crippen LogP contribution in [0.1, 0.15) is 28.8 Å². The SMILES string of the molecule is Cc1ccc(C(=O)N2CCCC(C(=O)O)C2)cc1S(C)(=O)=O. The van der Waals surface area contributed by atoms with Gasteiger partial charge in [0.25, 0.3) is 5.91 Å². The molecule has 1 atom stereocenters. The highest BCUT2D eigenvalue weighted by atomic mass is 32.2. The van der Waals surface area contributed by atoms with E-state index in [1.807, 2.05) is 0 Å². The lowest BCUT2D eigenvalue weighted by molar-refractivity contribution is -0.143. The Morgan fingerprint density at radius 1 is 1.32 bits per heavy atom. The predicted octanol–water partition coefficient (Wildman–Crippen LogP) is 1.34. The van der Waals surface area contributed by atoms with Crippen LogP contribution in [0.25, 0.3) is 0 Å². The lowest BCUT2D eigenvalue weighted by Crippen LogP contribution is -2.42. The van der Waals surface area contributed by atoms with E-state index in [1.165, 1.54) is 11.0 Å². The maximum atomic E-state index is 12.5. The zero-order valence-corrected chi connectivity index (χ0v) is 13.4. The molecule has 2 rings (SSSR count). The van der Waals surface area contributed by atoms with Gasteiger partial charge in [0.15, 0.2) is 9.84 Å². The summed E-state index contributed by atoms with van der Waals surface area (Å²) < 4.78 is 23.5. The number of likely N-dealkylation sites (tertiary alicyclic amines) is 1. The number of amides is 1. The topological polar surface area (TPSA) is 91.8 Å². The number of hydrogen-bond acceptors (Lipinski definition) is 4. The van der Waals surface area contributed by atoms with Gasteiger partial charge in [-0.05, 0) is 37.5 Å². The third kappa shape index (κ3) is 3.47. The summed E-state index contributed by atoms with van der Waals surface area (Å²) in [4.78, 5) is 25.2. The molecule has 0 saturated carbocycles. The van der Waals surface area contributed by atoms with Gasteiger partial charge in [0, 0.05) is 24.9 Å². The van der Waals surface area contributed by atoms with Crippen molar-refractivity contribution in [3.8, 4) is 0 Å². The molecule has 7 heteroatoms. The van der Waals surface area contributed by atoms with Crippen molar-refractivity contribution < 1.29 is 23.1 Å². The molecule has 0 bridgehead atoms. The molecule has 22 heavy (non-hydrogen) atoms. The number of carbonyl (C=O) groups excluding carboxylic acids is 1. The molecular weight excluding hydrogens is 306 g/mol. The summed E-state index contributed by atoms with van der Waals surface area (Å²) >= 11 is 0. The van der Waals surface area contributed by atoms with E-state index in [4.69, 9.17) is 5.11 Å². The van der Waals surface area contributed by atoms with E-state index in [0.29, 0.717) is 24.9 Å². The minimum Gasteiger partial charge on any atom is -0.481 e. The normalized spacial score (nSPS) is 19.0. The maximum Gasteiger partial charge on any atom is 0.308 e. The summed E-state index contributed by atoms with van der Waals surface area (Å²) in [6, 6.07) is 4.55. The van der Waals surface area contributed by atoms with E-state index < -0.39 is 21.7 Å². The van der Waals surface area contributed by atoms with Crippen molar-refractivity contribution in [1.82, 2.24) is 4.90 Å². The maximum absolute atomic E-state index is 12.5. The first kappa shape index (κ1) is 16.5. The van der Waals surface area contributed by atoms with Gasteiger partial charge in [0.1, 0.15) is 0 Å². The molecule has 0 aromatic heterocycles. The van der Waals surface area contributed by atoms with Gasteiger partial charge in [-0.1, -0.05) is 6.07 Å². The van der Waals surface area contributed by atoms with Crippen LogP contribution in [-0.2, 0) is 14.6 Å². The van der Waals surface area contributed by atoms with E-state index >= 15 is 0 Å². The molecule has 1 aliphatic rings. The molecule has 6 nitrogen and oxygen atoms in total. The first-order valence-corrected chi connectivity index (χ1v) is 8.92. The zero-order valence-electron chi connectivity index (χ0n) is 12.6. The van der Waals surface area contributed by atoms with Crippen molar-refractivity contribution in [2.24, 2.45) is 5.92 Å². The monoisotopic (exact) mass is 325 g/mol. The Morgan fingerprint density at radius 3 is 2.59 bits per heavy atom. The number of aliphatic carboxylic acids is 1. The first-order chi connectivity index (χ1) is 10.2. The van der Waals surface area contributed by atoms with Gasteiger partial charge in [0.2, 0.25) is 0 Å². The fourth-order valence-electron chi connectivity index (χ4n) is 2.68. The van der Waals surface area contributed by atoms with E-state index in [2.05, 4.69) is 0 Å². The number of piperidine rings is 1. The Morgan fingerprint density at radius 2 is 2.00 bits per heavy atom. The largest absolute Gasteiger partial charge is 0.481 e. The van der Waals surface area contributed by atoms with Crippen molar-refractivity contribution in [2.45, 2.75) is 24.7 Å². The van der Waals surface area contributed by atoms with Crippen LogP contribution in [0.5, 0.6) is 0 Å². The molecule has 1 N–H and O–H groups in total. The second-order valence-corrected chi connectivity index (χ2v) is 7.67. The van der Waals surface area contributed by atoms with Gasteiger partial charge in [-0.3, -0.25) is 9.59 Å². The average Bonchev–Trinajstić information content (AvgIpc) is 2.46. The van der Waals surface area contributed by atoms with Crippen LogP contribution in [0.2, 0.25) is 0 Å². The zero-order chi connectivity index (χ0) is 16.5. The molecule has 1 unspecified atom stereocenters. The van der Waals surface area contributed by atoms with Gasteiger partial charge in [-0.25, -0.2) is 8.42 Å². The summed E-state index contributed by atoms with van der Waals surface area (Å²) in [6.45, 7) is 2.33. The van der Waals surface area contributed by atoms with Gasteiger partial charge in [-0.15, -0.1) is 0 Å². The molecule has 1 fully saturated rings. The number of carboxylic acid groups (broad SMARTS) is 1. The number of sulfone groups is 1. The fraction of sp³-hybridized carbons (Fsp3) is 0.467. The lowest BCUT2D eigenvalue weighted by Gasteiger charge is -2.30. The molecule has 1 heterocycles. The van der Waals surface area contributed by atoms with Crippen molar-refractivity contribution in [2.75, 3.05) is 19.3 Å². The highest BCUT2D eigenvalue weighted by molar-refractivity contribution is 7.90. The first-order valence-electron chi connectivity index (χ1n) is 7.03. The summed E-state index contributed by atoms with van der Waals surface area (Å²) in [5.74, 6) is -1.79. The molecule has 1 aliphatic heterocycles. The summed E-state index contributed by atoms with van der Waals surface area (Å²) in [6.07, 6.45) is 2.29. The number of aryl methyl sites for hydroxylation is 1. The third-order valence-corrected chi connectivity index (χ3v) is 5.13. The lowest BCUT2D eigenvalue weighted by atomic mass is 9.97. The highest BCUT2D eigenvalue weighted by Gasteiger charge is 2.29. The molecule has 120 valence electrons. The molecule has 1 aromatic carbocycles. The Hall–Kier alpha value is -1.89. The van der Waals surface area contributed by atoms with Gasteiger partial charge < -0.3 is 10.0 Å². The Bertz CT molecular complexity index is 711. The molecule has 0 spiro atoms. The minimum atomic E-state index is -3.41. The molecule has 0 aliphatic carbocycles. The van der Waals surface area contributed by atoms with Crippen molar-refractivity contribution >= 4 is 21.7 Å². The highest BCUT2D eigenvalue weighted by Crippen LogP contribution is 2.22. The quantitative estimate of drug-likeness (QED) is 0.905. The number of carboxylic acids is 1. The second-order valence-electron chi connectivity index (χ2n) is 5.68. The smallest absolute Gasteiger partial charge is 0.308 e. The number of nitrogens with zero attached hydrogens (tertiary/aromatic N) is 1. The molecule has 1 amide bonds. The molecular formula is C15H19NO5S. The Balaban J connectivity index is 2.28. The van der Waals surface area contributed by atoms with Gasteiger partial charge in [0.05, 0.1) is 10.8 Å². The summed E-state index contributed by atoms with van der Waals surface area (Å²) in [5.41, 5.74) is 0.859. The van der Waals surface area contributed by atoms with Crippen LogP contribution < -0.4 is 0 Å². The molecule has 1 aromatic rings. The van der Waals surface area contributed by atoms with E-state index in [9.17, 15) is 18.0 Å². The van der Waals surface area contributed by atoms with Crippen molar-refractivity contribution in [1.29, 1.82) is 0 Å². The standard InChI is InChI=1S/C15H19NO5S/c1-10-5-6-11(8-13(10)22(2,20)21)14(17)16-7-3-4-12(9-16)15(18)19/h5-6,8,12H,3-4,7,9H2,1-2H3,(H,18,19). The van der Waals surface area contributed by atoms with Crippen molar-refractivity contribution in [3.63, 3.8) is 0 Å². The number of carbonyl (C=O) groups is 2. The minimum absolute atomic E-state index is 0.130. The van der Waals surface area contributed by atoms with Crippen molar-refractivity contribution in [3.05, 3.63) is 29.3 Å². The Labute approximate surface area is 129 Å². The van der Waals surface area contributed by atoms with Crippen LogP contribution in [0, 0.1) is 12.8 Å². The average molecular weight is 325 g/mol. The third-order valence-electron chi connectivity index (χ3n) is 3.89. The second kappa shape index (κ2) is 6.08. The van der Waals surface area contributed by atoms with Crippen LogP contribution in [0.4, 0.5) is 0 Å². The number of rotatable bonds is 3. The Kier molecular flexibility index (Phi) is 4.55. The number of benzene rings is 1. The molecule has 0 radical (unpaired) electrons. The number of hydrogen-bond donors (Lipinski definition) is 1. The molecule has 1 saturated heterocycles. The van der Waals surface area contributed by atoms with Crippen LogP contribution in [-0.4, -0.2) is 49.6 Å². The van der Waals surface area contributed by atoms with Gasteiger partial charge >= 0.3 is 5.97 Å². The van der Waals surface area contributed by atoms with Crippen LogP contribution in [0.3, 0.4) is 0 Å².